The zero-order valence-electron chi connectivity index (χ0n) is 29.2. The molecule has 26 nitrogen and oxygen atoms in total. The Labute approximate surface area is 316 Å². The van der Waals surface area contributed by atoms with Gasteiger partial charge in [-0.05, 0) is 0 Å². The molecule has 0 amide bonds. The van der Waals surface area contributed by atoms with Crippen LogP contribution in [0.15, 0.2) is 0 Å². The molecule has 0 aromatic heterocycles. The summed E-state index contributed by atoms with van der Waals surface area (Å²) in [6.07, 6.45) is -46.4. The SMILES string of the molecule is OC[C@H]1O[C@@H](OC[C@H]2OC(O)[C@H](O)[C@@H](O[C@@H]3O[C@H](CO)[C@@H](O)[C@H](O[C@@H]4O[C@H](CO)[C@@H](O)[C@H](O[C@@H]5O[C@H](CO)[C@@H](O)[C@H](O)[C@H]5O)[C@H]4O)[C@H]3O)[C@@H]2O)[C@H](O)[C@@H](O)[C@@H]1O. The highest BCUT2D eigenvalue weighted by Crippen LogP contribution is 2.35. The summed E-state index contributed by atoms with van der Waals surface area (Å²) in [5.41, 5.74) is 0. The number of aliphatic hydroxyl groups is 17. The van der Waals surface area contributed by atoms with Gasteiger partial charge >= 0.3 is 0 Å². The fraction of sp³-hybridized carbons (Fsp3) is 1.00. The van der Waals surface area contributed by atoms with Crippen molar-refractivity contribution < 1.29 is 129 Å². The van der Waals surface area contributed by atoms with E-state index in [0.29, 0.717) is 0 Å². The molecule has 0 saturated carbocycles. The van der Waals surface area contributed by atoms with Gasteiger partial charge in [0.15, 0.2) is 31.5 Å². The van der Waals surface area contributed by atoms with E-state index in [1.807, 2.05) is 0 Å². The van der Waals surface area contributed by atoms with Crippen molar-refractivity contribution in [2.45, 2.75) is 154 Å². The van der Waals surface area contributed by atoms with Crippen LogP contribution in [0, 0.1) is 0 Å². The second-order valence-electron chi connectivity index (χ2n) is 14.0. The van der Waals surface area contributed by atoms with E-state index in [2.05, 4.69) is 0 Å². The summed E-state index contributed by atoms with van der Waals surface area (Å²) < 4.78 is 48.8. The average Bonchev–Trinajstić information content (AvgIpc) is 3.18. The summed E-state index contributed by atoms with van der Waals surface area (Å²) in [7, 11) is 0. The molecule has 5 heterocycles. The maximum Gasteiger partial charge on any atom is 0.187 e. The molecular weight excluding hydrogens is 776 g/mol. The average molecular weight is 829 g/mol. The van der Waals surface area contributed by atoms with Crippen LogP contribution < -0.4 is 0 Å². The number of rotatable bonds is 13. The van der Waals surface area contributed by atoms with Gasteiger partial charge in [0.1, 0.15) is 122 Å². The van der Waals surface area contributed by atoms with Crippen LogP contribution in [-0.2, 0) is 42.6 Å². The van der Waals surface area contributed by atoms with Crippen molar-refractivity contribution in [1.82, 2.24) is 0 Å². The first-order valence-electron chi connectivity index (χ1n) is 17.6. The van der Waals surface area contributed by atoms with Gasteiger partial charge in [0.25, 0.3) is 0 Å². The Morgan fingerprint density at radius 1 is 0.304 bits per heavy atom. The van der Waals surface area contributed by atoms with Gasteiger partial charge in [-0.3, -0.25) is 0 Å². The number of ether oxygens (including phenoxy) is 9. The molecule has 0 aliphatic carbocycles. The van der Waals surface area contributed by atoms with E-state index in [-0.39, 0.29) is 0 Å². The molecule has 5 saturated heterocycles. The predicted molar refractivity (Wildman–Crippen MR) is 167 cm³/mol. The molecule has 25 atom stereocenters. The molecule has 5 aliphatic heterocycles. The number of hydrogen-bond acceptors (Lipinski definition) is 26. The van der Waals surface area contributed by atoms with Crippen LogP contribution in [0.2, 0.25) is 0 Å². The smallest absolute Gasteiger partial charge is 0.187 e. The van der Waals surface area contributed by atoms with E-state index in [0.717, 1.165) is 0 Å². The first-order chi connectivity index (χ1) is 26.5. The van der Waals surface area contributed by atoms with Crippen molar-refractivity contribution in [3.8, 4) is 0 Å². The lowest BCUT2D eigenvalue weighted by Crippen LogP contribution is -2.68. The zero-order chi connectivity index (χ0) is 41.3. The Hall–Kier alpha value is -1.04. The normalized spacial score (nSPS) is 53.2. The Kier molecular flexibility index (Phi) is 16.1. The Balaban J connectivity index is 1.29. The molecular formula is C30H52O26. The van der Waals surface area contributed by atoms with Crippen LogP contribution in [0.5, 0.6) is 0 Å². The third-order valence-electron chi connectivity index (χ3n) is 10.3. The van der Waals surface area contributed by atoms with Crippen molar-refractivity contribution in [3.63, 3.8) is 0 Å². The van der Waals surface area contributed by atoms with Gasteiger partial charge in [0, 0.05) is 0 Å². The highest BCUT2D eigenvalue weighted by atomic mass is 16.8. The van der Waals surface area contributed by atoms with Crippen LogP contribution in [0.25, 0.3) is 0 Å². The minimum absolute atomic E-state index is 0.744. The summed E-state index contributed by atoms with van der Waals surface area (Å²) in [4.78, 5) is 0. The van der Waals surface area contributed by atoms with Gasteiger partial charge in [-0.1, -0.05) is 0 Å². The lowest BCUT2D eigenvalue weighted by atomic mass is 9.95. The Morgan fingerprint density at radius 3 is 1.04 bits per heavy atom. The van der Waals surface area contributed by atoms with Crippen LogP contribution in [-0.4, -0.2) is 273 Å². The van der Waals surface area contributed by atoms with Crippen molar-refractivity contribution in [1.29, 1.82) is 0 Å². The highest BCUT2D eigenvalue weighted by Gasteiger charge is 2.56. The van der Waals surface area contributed by atoms with Crippen LogP contribution >= 0.6 is 0 Å². The molecule has 5 rings (SSSR count). The summed E-state index contributed by atoms with van der Waals surface area (Å²) >= 11 is 0. The predicted octanol–water partition coefficient (Wildman–Crippen LogP) is -11.9. The summed E-state index contributed by atoms with van der Waals surface area (Å²) in [6.45, 7) is -4.29. The molecule has 0 spiro atoms. The fourth-order valence-electron chi connectivity index (χ4n) is 6.91. The molecule has 0 aromatic carbocycles. The minimum atomic E-state index is -2.16. The first kappa shape index (κ1) is 46.0. The molecule has 17 N–H and O–H groups in total. The second-order valence-corrected chi connectivity index (χ2v) is 14.0. The maximum atomic E-state index is 11.3. The van der Waals surface area contributed by atoms with Gasteiger partial charge in [-0.2, -0.15) is 0 Å². The maximum absolute atomic E-state index is 11.3. The highest BCUT2D eigenvalue weighted by molar-refractivity contribution is 4.98. The van der Waals surface area contributed by atoms with E-state index in [1.165, 1.54) is 0 Å². The Morgan fingerprint density at radius 2 is 0.625 bits per heavy atom. The molecule has 5 fully saturated rings. The standard InChI is InChI=1S/C30H52O26/c31-1-6-11(35)16(40)18(42)27(50-6)48-5-10-15(39)23(20(44)26(47)49-10)54-29-22(46)25(14(38)9(4-34)52-29)56-30-21(45)24(13(37)8(3-33)53-30)55-28-19(43)17(41)12(36)7(2-32)51-28/h6-47H,1-5H2/t6-,7-,8-,9-,10-,11-,12-,13-,14-,15-,16+,17+,18-,19-,20-,21-,22-,23+,24+,25+,26?,27-,28+,29+,30+/m1/s1. The van der Waals surface area contributed by atoms with Gasteiger partial charge in [-0.15, -0.1) is 0 Å². The van der Waals surface area contributed by atoms with E-state index in [1.54, 1.807) is 0 Å². The van der Waals surface area contributed by atoms with Gasteiger partial charge in [0.05, 0.1) is 33.0 Å². The van der Waals surface area contributed by atoms with Crippen LogP contribution in [0.1, 0.15) is 0 Å². The Bertz CT molecular complexity index is 1200. The summed E-state index contributed by atoms with van der Waals surface area (Å²) in [5, 5.41) is 176. The van der Waals surface area contributed by atoms with Gasteiger partial charge < -0.3 is 129 Å². The van der Waals surface area contributed by atoms with E-state index in [9.17, 15) is 86.8 Å². The molecule has 328 valence electrons. The van der Waals surface area contributed by atoms with Gasteiger partial charge in [0.2, 0.25) is 0 Å². The third kappa shape index (κ3) is 9.31. The fourth-order valence-corrected chi connectivity index (χ4v) is 6.91. The second kappa shape index (κ2) is 19.6. The summed E-state index contributed by atoms with van der Waals surface area (Å²) in [5.74, 6) is 0. The van der Waals surface area contributed by atoms with Crippen molar-refractivity contribution in [3.05, 3.63) is 0 Å². The third-order valence-corrected chi connectivity index (χ3v) is 10.3. The molecule has 0 radical (unpaired) electrons. The number of aliphatic hydroxyl groups excluding tert-OH is 17. The van der Waals surface area contributed by atoms with Crippen molar-refractivity contribution in [2.75, 3.05) is 33.0 Å². The monoisotopic (exact) mass is 828 g/mol. The number of hydrogen-bond donors (Lipinski definition) is 17. The minimum Gasteiger partial charge on any atom is -0.394 e. The van der Waals surface area contributed by atoms with E-state index < -0.39 is 187 Å². The quantitative estimate of drug-likeness (QED) is 0.0819. The molecule has 5 aliphatic rings. The van der Waals surface area contributed by atoms with Crippen LogP contribution in [0.4, 0.5) is 0 Å². The summed E-state index contributed by atoms with van der Waals surface area (Å²) in [6, 6.07) is 0. The topological polar surface area (TPSA) is 427 Å². The lowest BCUT2D eigenvalue weighted by Gasteiger charge is -2.49. The van der Waals surface area contributed by atoms with E-state index in [4.69, 9.17) is 42.6 Å². The van der Waals surface area contributed by atoms with Crippen molar-refractivity contribution in [2.24, 2.45) is 0 Å². The van der Waals surface area contributed by atoms with Crippen molar-refractivity contribution >= 4 is 0 Å². The first-order valence-corrected chi connectivity index (χ1v) is 17.6. The van der Waals surface area contributed by atoms with E-state index >= 15 is 0 Å². The molecule has 0 aromatic rings. The molecule has 56 heavy (non-hydrogen) atoms. The largest absolute Gasteiger partial charge is 0.394 e. The van der Waals surface area contributed by atoms with Gasteiger partial charge in [-0.25, -0.2) is 0 Å². The zero-order valence-corrected chi connectivity index (χ0v) is 29.2. The lowest BCUT2D eigenvalue weighted by molar-refractivity contribution is -0.390. The molecule has 1 unspecified atom stereocenters. The molecule has 26 heteroatoms. The molecule has 0 bridgehead atoms. The van der Waals surface area contributed by atoms with Crippen LogP contribution in [0.3, 0.4) is 0 Å².